The zero-order valence-electron chi connectivity index (χ0n) is 11.9. The van der Waals surface area contributed by atoms with Crippen LogP contribution in [0.25, 0.3) is 10.7 Å². The number of nitrogens with two attached hydrogens (primary N) is 2. The second kappa shape index (κ2) is 5.91. The number of anilines is 1. The van der Waals surface area contributed by atoms with Gasteiger partial charge in [-0.05, 0) is 11.4 Å². The van der Waals surface area contributed by atoms with Gasteiger partial charge in [0.25, 0.3) is 5.91 Å². The lowest BCUT2D eigenvalue weighted by atomic mass is 10.1. The van der Waals surface area contributed by atoms with Gasteiger partial charge in [-0.2, -0.15) is 0 Å². The summed E-state index contributed by atoms with van der Waals surface area (Å²) in [5.41, 5.74) is 11.1. The average molecular weight is 340 g/mol. The molecule has 1 aliphatic rings. The third kappa shape index (κ3) is 2.50. The number of carbonyl (C=O) groups is 1. The number of hydrogen-bond acceptors (Lipinski definition) is 8. The maximum atomic E-state index is 11.5. The van der Waals surface area contributed by atoms with Crippen LogP contribution in [0.1, 0.15) is 16.7 Å². The third-order valence-corrected chi connectivity index (χ3v) is 4.56. The number of aliphatic hydroxyl groups excluding tert-OH is 3. The van der Waals surface area contributed by atoms with Gasteiger partial charge in [-0.15, -0.1) is 11.3 Å². The van der Waals surface area contributed by atoms with Gasteiger partial charge in [-0.3, -0.25) is 9.36 Å². The van der Waals surface area contributed by atoms with Crippen molar-refractivity contribution in [2.45, 2.75) is 24.5 Å². The molecule has 9 nitrogen and oxygen atoms in total. The number of ether oxygens (including phenoxy) is 1. The SMILES string of the molecule is NC(=O)c1nc(-c2cccs2)n([C@@H]2O[C@H](CO)[C@@H](O)[C@H]2O)c1N. The fraction of sp³-hybridized carbons (Fsp3) is 0.385. The van der Waals surface area contributed by atoms with Crippen LogP contribution in [0.15, 0.2) is 17.5 Å². The van der Waals surface area contributed by atoms with E-state index in [0.29, 0.717) is 10.7 Å². The molecule has 124 valence electrons. The number of imidazole rings is 1. The van der Waals surface area contributed by atoms with Crippen LogP contribution < -0.4 is 11.5 Å². The van der Waals surface area contributed by atoms with E-state index in [-0.39, 0.29) is 11.5 Å². The molecule has 3 rings (SSSR count). The molecule has 0 aliphatic carbocycles. The van der Waals surface area contributed by atoms with Crippen LogP contribution in [-0.2, 0) is 4.74 Å². The summed E-state index contributed by atoms with van der Waals surface area (Å²) in [5, 5.41) is 31.1. The van der Waals surface area contributed by atoms with Crippen molar-refractivity contribution in [3.63, 3.8) is 0 Å². The molecule has 0 saturated carbocycles. The quantitative estimate of drug-likeness (QED) is 0.473. The van der Waals surface area contributed by atoms with E-state index in [1.807, 2.05) is 5.38 Å². The summed E-state index contributed by atoms with van der Waals surface area (Å²) in [7, 11) is 0. The molecule has 23 heavy (non-hydrogen) atoms. The first-order valence-electron chi connectivity index (χ1n) is 6.79. The summed E-state index contributed by atoms with van der Waals surface area (Å²) in [6.07, 6.45) is -4.70. The maximum Gasteiger partial charge on any atom is 0.271 e. The lowest BCUT2D eigenvalue weighted by molar-refractivity contribution is -0.0509. The third-order valence-electron chi connectivity index (χ3n) is 3.69. The van der Waals surface area contributed by atoms with Crippen LogP contribution >= 0.6 is 11.3 Å². The van der Waals surface area contributed by atoms with Crippen molar-refractivity contribution in [3.05, 3.63) is 23.2 Å². The zero-order valence-corrected chi connectivity index (χ0v) is 12.7. The van der Waals surface area contributed by atoms with Gasteiger partial charge < -0.3 is 31.5 Å². The number of amides is 1. The van der Waals surface area contributed by atoms with Crippen molar-refractivity contribution in [1.82, 2.24) is 9.55 Å². The summed E-state index contributed by atoms with van der Waals surface area (Å²) in [6, 6.07) is 3.55. The van der Waals surface area contributed by atoms with E-state index in [1.54, 1.807) is 12.1 Å². The minimum atomic E-state index is -1.34. The van der Waals surface area contributed by atoms with Crippen LogP contribution in [0.4, 0.5) is 5.82 Å². The van der Waals surface area contributed by atoms with E-state index in [1.165, 1.54) is 15.9 Å². The lowest BCUT2D eigenvalue weighted by Gasteiger charge is -2.19. The van der Waals surface area contributed by atoms with Gasteiger partial charge in [-0.1, -0.05) is 6.07 Å². The highest BCUT2D eigenvalue weighted by molar-refractivity contribution is 7.13. The van der Waals surface area contributed by atoms with Crippen LogP contribution in [-0.4, -0.2) is 55.7 Å². The molecule has 2 aromatic rings. The van der Waals surface area contributed by atoms with Crippen LogP contribution in [0, 0.1) is 0 Å². The molecule has 2 aromatic heterocycles. The zero-order chi connectivity index (χ0) is 16.7. The Morgan fingerprint density at radius 1 is 1.43 bits per heavy atom. The predicted molar refractivity (Wildman–Crippen MR) is 81.5 cm³/mol. The maximum absolute atomic E-state index is 11.5. The molecule has 10 heteroatoms. The molecule has 7 N–H and O–H groups in total. The van der Waals surface area contributed by atoms with Crippen molar-refractivity contribution in [2.75, 3.05) is 12.3 Å². The van der Waals surface area contributed by atoms with E-state index >= 15 is 0 Å². The highest BCUT2D eigenvalue weighted by Gasteiger charge is 2.45. The highest BCUT2D eigenvalue weighted by atomic mass is 32.1. The fourth-order valence-corrected chi connectivity index (χ4v) is 3.27. The molecular weight excluding hydrogens is 324 g/mol. The van der Waals surface area contributed by atoms with E-state index in [4.69, 9.17) is 16.2 Å². The second-order valence-corrected chi connectivity index (χ2v) is 6.06. The molecule has 1 fully saturated rings. The Labute approximate surface area is 134 Å². The summed E-state index contributed by atoms with van der Waals surface area (Å²) in [4.78, 5) is 16.3. The predicted octanol–water partition coefficient (Wildman–Crippen LogP) is -1.10. The monoisotopic (exact) mass is 340 g/mol. The molecule has 0 radical (unpaired) electrons. The molecule has 0 unspecified atom stereocenters. The number of carbonyl (C=O) groups excluding carboxylic acids is 1. The molecule has 0 bridgehead atoms. The first kappa shape index (κ1) is 15.9. The van der Waals surface area contributed by atoms with Gasteiger partial charge in [0.1, 0.15) is 24.1 Å². The van der Waals surface area contributed by atoms with E-state index in [0.717, 1.165) is 0 Å². The molecule has 1 aliphatic heterocycles. The number of nitrogens with zero attached hydrogens (tertiary/aromatic N) is 2. The van der Waals surface area contributed by atoms with Crippen molar-refractivity contribution in [1.29, 1.82) is 0 Å². The van der Waals surface area contributed by atoms with Crippen LogP contribution in [0.5, 0.6) is 0 Å². The highest BCUT2D eigenvalue weighted by Crippen LogP contribution is 2.37. The lowest BCUT2D eigenvalue weighted by Crippen LogP contribution is -2.33. The Hall–Kier alpha value is -1.98. The molecule has 0 spiro atoms. The summed E-state index contributed by atoms with van der Waals surface area (Å²) >= 11 is 1.35. The Balaban J connectivity index is 2.13. The largest absolute Gasteiger partial charge is 0.394 e. The van der Waals surface area contributed by atoms with Gasteiger partial charge >= 0.3 is 0 Å². The standard InChI is InChI=1S/C13H16N4O5S/c14-10-7(11(15)21)16-12(6-2-1-3-23-6)17(10)13-9(20)8(19)5(4-18)22-13/h1-3,5,8-9,13,18-20H,4,14H2,(H2,15,21)/t5-,8-,9-,13-/m1/s1. The molecule has 1 amide bonds. The summed E-state index contributed by atoms with van der Waals surface area (Å²) in [6.45, 7) is -0.472. The number of nitrogen functional groups attached to an aromatic ring is 1. The number of rotatable bonds is 4. The van der Waals surface area contributed by atoms with Gasteiger partial charge in [0.15, 0.2) is 17.7 Å². The number of hydrogen-bond donors (Lipinski definition) is 5. The molecule has 3 heterocycles. The van der Waals surface area contributed by atoms with Crippen molar-refractivity contribution in [2.24, 2.45) is 5.73 Å². The first-order chi connectivity index (χ1) is 11.0. The topological polar surface area (TPSA) is 157 Å². The molecule has 4 atom stereocenters. The van der Waals surface area contributed by atoms with E-state index in [9.17, 15) is 20.1 Å². The van der Waals surface area contributed by atoms with Gasteiger partial charge in [0.2, 0.25) is 0 Å². The number of primary amides is 1. The van der Waals surface area contributed by atoms with E-state index < -0.39 is 37.1 Å². The van der Waals surface area contributed by atoms with Crippen molar-refractivity contribution in [3.8, 4) is 10.7 Å². The average Bonchev–Trinajstić information content (AvgIpc) is 3.20. The molecule has 0 aromatic carbocycles. The number of aliphatic hydroxyl groups is 3. The second-order valence-electron chi connectivity index (χ2n) is 5.11. The van der Waals surface area contributed by atoms with Gasteiger partial charge in [0.05, 0.1) is 11.5 Å². The summed E-state index contributed by atoms with van der Waals surface area (Å²) < 4.78 is 6.79. The Morgan fingerprint density at radius 2 is 2.17 bits per heavy atom. The van der Waals surface area contributed by atoms with Crippen molar-refractivity contribution < 1.29 is 24.9 Å². The minimum absolute atomic E-state index is 0.0734. The van der Waals surface area contributed by atoms with Crippen LogP contribution in [0.2, 0.25) is 0 Å². The Kier molecular flexibility index (Phi) is 4.08. The van der Waals surface area contributed by atoms with E-state index in [2.05, 4.69) is 4.98 Å². The van der Waals surface area contributed by atoms with Crippen LogP contribution in [0.3, 0.4) is 0 Å². The number of thiophene rings is 1. The van der Waals surface area contributed by atoms with Crippen molar-refractivity contribution >= 4 is 23.1 Å². The molecule has 1 saturated heterocycles. The Bertz CT molecular complexity index is 716. The first-order valence-corrected chi connectivity index (χ1v) is 7.67. The normalized spacial score (nSPS) is 27.4. The smallest absolute Gasteiger partial charge is 0.271 e. The molecular formula is C13H16N4O5S. The minimum Gasteiger partial charge on any atom is -0.394 e. The van der Waals surface area contributed by atoms with Gasteiger partial charge in [-0.25, -0.2) is 4.98 Å². The fourth-order valence-electron chi connectivity index (χ4n) is 2.56. The Morgan fingerprint density at radius 3 is 2.70 bits per heavy atom. The number of aromatic nitrogens is 2. The summed E-state index contributed by atoms with van der Waals surface area (Å²) in [5.74, 6) is -0.595. The van der Waals surface area contributed by atoms with Gasteiger partial charge in [0, 0.05) is 0 Å².